The molecule has 0 bridgehead atoms. The third-order valence-electron chi connectivity index (χ3n) is 5.11. The van der Waals surface area contributed by atoms with Gasteiger partial charge in [0.15, 0.2) is 0 Å². The summed E-state index contributed by atoms with van der Waals surface area (Å²) in [6.45, 7) is 6.33. The first-order valence-electron chi connectivity index (χ1n) is 8.26. The van der Waals surface area contributed by atoms with Crippen LogP contribution in [0.3, 0.4) is 0 Å². The Kier molecular flexibility index (Phi) is 3.22. The maximum Gasteiger partial charge on any atom is 0.407 e. The monoisotopic (exact) mass is 323 g/mol. The van der Waals surface area contributed by atoms with Gasteiger partial charge in [-0.05, 0) is 43.0 Å². The van der Waals surface area contributed by atoms with Crippen molar-refractivity contribution in [2.24, 2.45) is 0 Å². The lowest BCUT2D eigenvalue weighted by Crippen LogP contribution is -2.57. The number of hydrogen-bond acceptors (Lipinski definition) is 3. The molecule has 0 radical (unpaired) electrons. The highest BCUT2D eigenvalue weighted by molar-refractivity contribution is 5.80. The van der Waals surface area contributed by atoms with Crippen LogP contribution in [0.4, 0.5) is 4.79 Å². The quantitative estimate of drug-likeness (QED) is 0.913. The van der Waals surface area contributed by atoms with Crippen molar-refractivity contribution in [3.63, 3.8) is 0 Å². The number of carbonyl (C=O) groups is 1. The number of rotatable bonds is 2. The second-order valence-corrected chi connectivity index (χ2v) is 7.10. The summed E-state index contributed by atoms with van der Waals surface area (Å²) in [7, 11) is 0. The summed E-state index contributed by atoms with van der Waals surface area (Å²) in [5, 5.41) is 2.74. The lowest BCUT2D eigenvalue weighted by molar-refractivity contribution is -0.156. The number of ether oxygens (including phenoxy) is 2. The molecule has 0 saturated carbocycles. The van der Waals surface area contributed by atoms with E-state index in [9.17, 15) is 4.79 Å². The van der Waals surface area contributed by atoms with E-state index in [2.05, 4.69) is 48.6 Å². The Balaban J connectivity index is 1.78. The van der Waals surface area contributed by atoms with Crippen LogP contribution in [0.25, 0.3) is 11.1 Å². The molecular formula is C20H21NO3. The van der Waals surface area contributed by atoms with Crippen molar-refractivity contribution in [2.75, 3.05) is 6.54 Å². The molecule has 4 rings (SSSR count). The molecule has 4 nitrogen and oxygen atoms in total. The van der Waals surface area contributed by atoms with Gasteiger partial charge in [0.2, 0.25) is 0 Å². The summed E-state index contributed by atoms with van der Waals surface area (Å²) in [6, 6.07) is 16.7. The van der Waals surface area contributed by atoms with Gasteiger partial charge in [-0.3, -0.25) is 0 Å². The zero-order valence-corrected chi connectivity index (χ0v) is 14.1. The molecule has 2 aromatic rings. The minimum absolute atomic E-state index is 0.251. The molecule has 1 saturated heterocycles. The second kappa shape index (κ2) is 5.08. The van der Waals surface area contributed by atoms with Crippen molar-refractivity contribution in [3.05, 3.63) is 59.7 Å². The Morgan fingerprint density at radius 2 is 1.54 bits per heavy atom. The van der Waals surface area contributed by atoms with E-state index in [0.717, 1.165) is 11.1 Å². The van der Waals surface area contributed by atoms with Gasteiger partial charge >= 0.3 is 6.09 Å². The Labute approximate surface area is 141 Å². The summed E-state index contributed by atoms with van der Waals surface area (Å²) in [4.78, 5) is 11.5. The minimum Gasteiger partial charge on any atom is -0.441 e. The lowest BCUT2D eigenvalue weighted by Gasteiger charge is -2.42. The van der Waals surface area contributed by atoms with Crippen LogP contribution in [0, 0.1) is 0 Å². The molecule has 1 aliphatic carbocycles. The highest BCUT2D eigenvalue weighted by atomic mass is 16.6. The molecule has 1 fully saturated rings. The number of carbonyl (C=O) groups excluding carboxylic acids is 1. The molecule has 1 N–H and O–H groups in total. The predicted molar refractivity (Wildman–Crippen MR) is 91.8 cm³/mol. The number of cyclic esters (lactones) is 1. The van der Waals surface area contributed by atoms with Gasteiger partial charge in [0, 0.05) is 0 Å². The van der Waals surface area contributed by atoms with Crippen LogP contribution in [0.1, 0.15) is 31.9 Å². The SMILES string of the molecule is CC1(OC2CNC(=O)OC2(C)C)c2ccccc2-c2ccccc21. The molecule has 2 aliphatic rings. The fraction of sp³-hybridized carbons (Fsp3) is 0.350. The van der Waals surface area contributed by atoms with Crippen LogP contribution in [0.15, 0.2) is 48.5 Å². The third kappa shape index (κ3) is 2.13. The molecule has 0 spiro atoms. The largest absolute Gasteiger partial charge is 0.441 e. The van der Waals surface area contributed by atoms with Gasteiger partial charge in [0.25, 0.3) is 0 Å². The Morgan fingerprint density at radius 3 is 2.08 bits per heavy atom. The molecule has 4 heteroatoms. The number of fused-ring (bicyclic) bond motifs is 3. The molecule has 124 valence electrons. The summed E-state index contributed by atoms with van der Waals surface area (Å²) in [6.07, 6.45) is -0.642. The van der Waals surface area contributed by atoms with Gasteiger partial charge < -0.3 is 14.8 Å². The van der Waals surface area contributed by atoms with Crippen LogP contribution >= 0.6 is 0 Å². The first-order chi connectivity index (χ1) is 11.4. The van der Waals surface area contributed by atoms with E-state index in [4.69, 9.17) is 9.47 Å². The molecule has 1 amide bonds. The summed E-state index contributed by atoms with van der Waals surface area (Å²) >= 11 is 0. The number of benzene rings is 2. The van der Waals surface area contributed by atoms with Gasteiger partial charge in [-0.2, -0.15) is 0 Å². The van der Waals surface area contributed by atoms with E-state index < -0.39 is 17.3 Å². The van der Waals surface area contributed by atoms with Gasteiger partial charge in [-0.25, -0.2) is 4.79 Å². The maximum atomic E-state index is 11.5. The summed E-state index contributed by atoms with van der Waals surface area (Å²) in [5.74, 6) is 0. The topological polar surface area (TPSA) is 47.6 Å². The molecule has 24 heavy (non-hydrogen) atoms. The smallest absolute Gasteiger partial charge is 0.407 e. The Bertz CT molecular complexity index is 767. The number of amides is 1. The average molecular weight is 323 g/mol. The highest BCUT2D eigenvalue weighted by Gasteiger charge is 2.47. The lowest BCUT2D eigenvalue weighted by atomic mass is 9.91. The molecule has 1 heterocycles. The van der Waals surface area contributed by atoms with E-state index in [1.54, 1.807) is 0 Å². The van der Waals surface area contributed by atoms with E-state index in [1.807, 2.05) is 26.0 Å². The fourth-order valence-corrected chi connectivity index (χ4v) is 3.77. The van der Waals surface area contributed by atoms with Crippen molar-refractivity contribution in [1.29, 1.82) is 0 Å². The van der Waals surface area contributed by atoms with E-state index in [0.29, 0.717) is 6.54 Å². The first kappa shape index (κ1) is 15.2. The number of alkyl carbamates (subject to hydrolysis) is 1. The normalized spacial score (nSPS) is 23.0. The zero-order chi connectivity index (χ0) is 16.9. The van der Waals surface area contributed by atoms with Crippen molar-refractivity contribution >= 4 is 6.09 Å². The highest BCUT2D eigenvalue weighted by Crippen LogP contribution is 2.50. The van der Waals surface area contributed by atoms with Crippen molar-refractivity contribution in [1.82, 2.24) is 5.32 Å². The fourth-order valence-electron chi connectivity index (χ4n) is 3.77. The van der Waals surface area contributed by atoms with E-state index in [-0.39, 0.29) is 6.10 Å². The molecular weight excluding hydrogens is 302 g/mol. The predicted octanol–water partition coefficient (Wildman–Crippen LogP) is 3.83. The standard InChI is InChI=1S/C20H21NO3/c1-19(2)17(12-21-18(22)24-19)23-20(3)15-10-6-4-8-13(15)14-9-5-7-11-16(14)20/h4-11,17H,12H2,1-3H3,(H,21,22). The summed E-state index contributed by atoms with van der Waals surface area (Å²) < 4.78 is 12.1. The van der Waals surface area contributed by atoms with Crippen LogP contribution in [-0.4, -0.2) is 24.3 Å². The number of nitrogens with one attached hydrogen (secondary N) is 1. The van der Waals surface area contributed by atoms with Gasteiger partial charge in [-0.1, -0.05) is 48.5 Å². The molecule has 1 unspecified atom stereocenters. The third-order valence-corrected chi connectivity index (χ3v) is 5.11. The van der Waals surface area contributed by atoms with Crippen LogP contribution in [0.5, 0.6) is 0 Å². The van der Waals surface area contributed by atoms with Crippen LogP contribution in [0.2, 0.25) is 0 Å². The van der Waals surface area contributed by atoms with Crippen molar-refractivity contribution < 1.29 is 14.3 Å². The Morgan fingerprint density at radius 1 is 1.00 bits per heavy atom. The van der Waals surface area contributed by atoms with E-state index >= 15 is 0 Å². The van der Waals surface area contributed by atoms with Gasteiger partial charge in [0.05, 0.1) is 6.54 Å². The average Bonchev–Trinajstić information content (AvgIpc) is 2.81. The zero-order valence-electron chi connectivity index (χ0n) is 14.1. The molecule has 0 aromatic heterocycles. The Hall–Kier alpha value is -2.33. The van der Waals surface area contributed by atoms with Crippen LogP contribution in [-0.2, 0) is 15.1 Å². The summed E-state index contributed by atoms with van der Waals surface area (Å²) in [5.41, 5.74) is 3.46. The second-order valence-electron chi connectivity index (χ2n) is 7.10. The molecule has 2 aromatic carbocycles. The van der Waals surface area contributed by atoms with Crippen LogP contribution < -0.4 is 5.32 Å². The van der Waals surface area contributed by atoms with Crippen molar-refractivity contribution in [3.8, 4) is 11.1 Å². The van der Waals surface area contributed by atoms with Gasteiger partial charge in [-0.15, -0.1) is 0 Å². The first-order valence-corrected chi connectivity index (χ1v) is 8.26. The molecule has 1 atom stereocenters. The molecule has 1 aliphatic heterocycles. The minimum atomic E-state index is -0.683. The van der Waals surface area contributed by atoms with Crippen molar-refractivity contribution in [2.45, 2.75) is 38.1 Å². The number of hydrogen-bond donors (Lipinski definition) is 1. The van der Waals surface area contributed by atoms with E-state index in [1.165, 1.54) is 11.1 Å². The maximum absolute atomic E-state index is 11.5. The van der Waals surface area contributed by atoms with Gasteiger partial charge in [0.1, 0.15) is 17.3 Å².